The normalized spacial score (nSPS) is 15.8. The van der Waals surface area contributed by atoms with Crippen LogP contribution >= 0.6 is 11.6 Å². The fourth-order valence-corrected chi connectivity index (χ4v) is 5.61. The minimum absolute atomic E-state index is 0.101. The molecule has 0 bridgehead atoms. The molecule has 1 saturated carbocycles. The molecule has 0 atom stereocenters. The molecule has 1 aliphatic carbocycles. The SMILES string of the molecule is COc1ccccc1N1CCN(c2ccc(NC(=O)Nc3ccc(Cl)cc3)cc2C(=O)NC2CCCCC2)CC1. The highest BCUT2D eigenvalue weighted by Gasteiger charge is 2.25. The van der Waals surface area contributed by atoms with Crippen molar-refractivity contribution in [3.8, 4) is 5.75 Å². The van der Waals surface area contributed by atoms with Gasteiger partial charge in [0.25, 0.3) is 5.91 Å². The van der Waals surface area contributed by atoms with Gasteiger partial charge in [0.05, 0.1) is 18.4 Å². The van der Waals surface area contributed by atoms with Crippen molar-refractivity contribution in [2.24, 2.45) is 0 Å². The highest BCUT2D eigenvalue weighted by molar-refractivity contribution is 6.30. The maximum atomic E-state index is 13.6. The van der Waals surface area contributed by atoms with Crippen LogP contribution in [0.25, 0.3) is 0 Å². The summed E-state index contributed by atoms with van der Waals surface area (Å²) in [6.07, 6.45) is 5.49. The molecule has 9 heteroatoms. The molecule has 2 aliphatic rings. The van der Waals surface area contributed by atoms with Gasteiger partial charge in [0.2, 0.25) is 0 Å². The van der Waals surface area contributed by atoms with E-state index in [9.17, 15) is 9.59 Å². The molecule has 0 radical (unpaired) electrons. The number of anilines is 4. The summed E-state index contributed by atoms with van der Waals surface area (Å²) in [5.74, 6) is 0.756. The van der Waals surface area contributed by atoms with Gasteiger partial charge in [-0.2, -0.15) is 0 Å². The first-order chi connectivity index (χ1) is 19.5. The molecular formula is C31H36ClN5O3. The van der Waals surface area contributed by atoms with Crippen LogP contribution in [-0.2, 0) is 0 Å². The van der Waals surface area contributed by atoms with Crippen LogP contribution < -0.4 is 30.5 Å². The van der Waals surface area contributed by atoms with Crippen LogP contribution in [0.5, 0.6) is 5.75 Å². The van der Waals surface area contributed by atoms with E-state index in [4.69, 9.17) is 16.3 Å². The Morgan fingerprint density at radius 2 is 1.43 bits per heavy atom. The Morgan fingerprint density at radius 3 is 2.12 bits per heavy atom. The monoisotopic (exact) mass is 561 g/mol. The first kappa shape index (κ1) is 27.6. The Labute approximate surface area is 240 Å². The lowest BCUT2D eigenvalue weighted by Gasteiger charge is -2.38. The number of ether oxygens (including phenoxy) is 1. The van der Waals surface area contributed by atoms with Crippen LogP contribution in [0.1, 0.15) is 42.5 Å². The molecule has 1 aliphatic heterocycles. The second-order valence-corrected chi connectivity index (χ2v) is 10.7. The average molecular weight is 562 g/mol. The number of benzene rings is 3. The Kier molecular flexibility index (Phi) is 8.96. The van der Waals surface area contributed by atoms with E-state index in [-0.39, 0.29) is 18.0 Å². The Morgan fingerprint density at radius 1 is 0.800 bits per heavy atom. The average Bonchev–Trinajstić information content (AvgIpc) is 2.99. The second kappa shape index (κ2) is 13.0. The molecule has 40 heavy (non-hydrogen) atoms. The van der Waals surface area contributed by atoms with Crippen LogP contribution in [0.15, 0.2) is 66.7 Å². The van der Waals surface area contributed by atoms with E-state index >= 15 is 0 Å². The summed E-state index contributed by atoms with van der Waals surface area (Å²) in [6.45, 7) is 3.11. The van der Waals surface area contributed by atoms with E-state index in [0.717, 1.165) is 69.0 Å². The van der Waals surface area contributed by atoms with Gasteiger partial charge < -0.3 is 30.5 Å². The number of para-hydroxylation sites is 2. The zero-order chi connectivity index (χ0) is 27.9. The van der Waals surface area contributed by atoms with Gasteiger partial charge in [-0.05, 0) is 67.4 Å². The maximum absolute atomic E-state index is 13.6. The summed E-state index contributed by atoms with van der Waals surface area (Å²) in [6, 6.07) is 20.3. The molecular weight excluding hydrogens is 526 g/mol. The fraction of sp³-hybridized carbons (Fsp3) is 0.355. The smallest absolute Gasteiger partial charge is 0.323 e. The fourth-order valence-electron chi connectivity index (χ4n) is 5.49. The maximum Gasteiger partial charge on any atom is 0.323 e. The number of carbonyl (C=O) groups is 2. The molecule has 0 unspecified atom stereocenters. The van der Waals surface area contributed by atoms with Crippen molar-refractivity contribution in [2.45, 2.75) is 38.1 Å². The minimum atomic E-state index is -0.390. The number of hydrogen-bond acceptors (Lipinski definition) is 5. The molecule has 3 amide bonds. The number of methoxy groups -OCH3 is 1. The molecule has 210 valence electrons. The zero-order valence-corrected chi connectivity index (χ0v) is 23.5. The second-order valence-electron chi connectivity index (χ2n) is 10.3. The highest BCUT2D eigenvalue weighted by atomic mass is 35.5. The molecule has 8 nitrogen and oxygen atoms in total. The number of piperazine rings is 1. The molecule has 1 heterocycles. The van der Waals surface area contributed by atoms with Crippen molar-refractivity contribution in [3.05, 3.63) is 77.3 Å². The van der Waals surface area contributed by atoms with E-state index in [2.05, 4.69) is 31.8 Å². The number of rotatable bonds is 7. The molecule has 0 aromatic heterocycles. The lowest BCUT2D eigenvalue weighted by molar-refractivity contribution is 0.0928. The molecule has 0 spiro atoms. The first-order valence-electron chi connectivity index (χ1n) is 13.9. The summed E-state index contributed by atoms with van der Waals surface area (Å²) in [5, 5.41) is 9.53. The molecule has 1 saturated heterocycles. The van der Waals surface area contributed by atoms with E-state index < -0.39 is 0 Å². The molecule has 5 rings (SSSR count). The summed E-state index contributed by atoms with van der Waals surface area (Å²) < 4.78 is 5.57. The van der Waals surface area contributed by atoms with E-state index in [1.165, 1.54) is 6.42 Å². The van der Waals surface area contributed by atoms with Crippen LogP contribution in [0.2, 0.25) is 5.02 Å². The number of nitrogens with zero attached hydrogens (tertiary/aromatic N) is 2. The van der Waals surface area contributed by atoms with Crippen LogP contribution in [0.3, 0.4) is 0 Å². The Balaban J connectivity index is 1.33. The number of halogens is 1. The Bertz CT molecular complexity index is 1320. The lowest BCUT2D eigenvalue weighted by Crippen LogP contribution is -2.47. The third kappa shape index (κ3) is 6.80. The first-order valence-corrected chi connectivity index (χ1v) is 14.3. The van der Waals surface area contributed by atoms with Gasteiger partial charge in [-0.25, -0.2) is 4.79 Å². The number of urea groups is 1. The molecule has 2 fully saturated rings. The third-order valence-corrected chi connectivity index (χ3v) is 7.84. The summed E-state index contributed by atoms with van der Waals surface area (Å²) in [5.41, 5.74) is 3.70. The van der Waals surface area contributed by atoms with Crippen molar-refractivity contribution >= 4 is 46.3 Å². The van der Waals surface area contributed by atoms with Gasteiger partial charge in [-0.1, -0.05) is 43.0 Å². The van der Waals surface area contributed by atoms with Gasteiger partial charge in [0.15, 0.2) is 0 Å². The Hall–Kier alpha value is -3.91. The number of amides is 3. The van der Waals surface area contributed by atoms with Gasteiger partial charge in [-0.15, -0.1) is 0 Å². The molecule has 3 aromatic rings. The van der Waals surface area contributed by atoms with Crippen molar-refractivity contribution in [1.82, 2.24) is 5.32 Å². The van der Waals surface area contributed by atoms with Crippen molar-refractivity contribution in [3.63, 3.8) is 0 Å². The van der Waals surface area contributed by atoms with Gasteiger partial charge in [-0.3, -0.25) is 4.79 Å². The van der Waals surface area contributed by atoms with Crippen molar-refractivity contribution < 1.29 is 14.3 Å². The number of hydrogen-bond donors (Lipinski definition) is 3. The standard InChI is InChI=1S/C31H36ClN5O3/c1-40-29-10-6-5-9-28(29)37-19-17-36(18-20-37)27-16-15-25(35-31(39)34-24-13-11-22(32)12-14-24)21-26(27)30(38)33-23-7-3-2-4-8-23/h5-6,9-16,21,23H,2-4,7-8,17-20H2,1H3,(H,33,38)(H2,34,35,39). The van der Waals surface area contributed by atoms with E-state index in [1.807, 2.05) is 30.3 Å². The largest absolute Gasteiger partial charge is 0.495 e. The van der Waals surface area contributed by atoms with Crippen molar-refractivity contribution in [1.29, 1.82) is 0 Å². The van der Waals surface area contributed by atoms with Crippen LogP contribution in [0.4, 0.5) is 27.5 Å². The molecule has 3 aromatic carbocycles. The van der Waals surface area contributed by atoms with Crippen LogP contribution in [0, 0.1) is 0 Å². The lowest BCUT2D eigenvalue weighted by atomic mass is 9.95. The number of carbonyl (C=O) groups excluding carboxylic acids is 2. The van der Waals surface area contributed by atoms with Gasteiger partial charge in [0, 0.05) is 54.3 Å². The topological polar surface area (TPSA) is 85.9 Å². The van der Waals surface area contributed by atoms with Gasteiger partial charge >= 0.3 is 6.03 Å². The quantitative estimate of drug-likeness (QED) is 0.311. The number of nitrogens with one attached hydrogen (secondary N) is 3. The van der Waals surface area contributed by atoms with Crippen LogP contribution in [-0.4, -0.2) is 51.3 Å². The zero-order valence-electron chi connectivity index (χ0n) is 22.8. The molecule has 3 N–H and O–H groups in total. The highest BCUT2D eigenvalue weighted by Crippen LogP contribution is 2.31. The summed E-state index contributed by atoms with van der Waals surface area (Å²) >= 11 is 5.95. The van der Waals surface area contributed by atoms with Gasteiger partial charge in [0.1, 0.15) is 5.75 Å². The van der Waals surface area contributed by atoms with Crippen molar-refractivity contribution in [2.75, 3.05) is 53.7 Å². The predicted octanol–water partition coefficient (Wildman–Crippen LogP) is 6.38. The van der Waals surface area contributed by atoms with E-state index in [1.54, 1.807) is 37.4 Å². The summed E-state index contributed by atoms with van der Waals surface area (Å²) in [4.78, 5) is 30.9. The third-order valence-electron chi connectivity index (χ3n) is 7.59. The minimum Gasteiger partial charge on any atom is -0.495 e. The predicted molar refractivity (Wildman–Crippen MR) is 162 cm³/mol. The summed E-state index contributed by atoms with van der Waals surface area (Å²) in [7, 11) is 1.69. The van der Waals surface area contributed by atoms with E-state index in [0.29, 0.717) is 22.0 Å².